The minimum Gasteiger partial charge on any atom is -0.380 e. The number of unbranched alkanes of at least 4 members (excludes halogenated alkanes) is 1. The normalized spacial score (nSPS) is 14.2. The summed E-state index contributed by atoms with van der Waals surface area (Å²) in [5.74, 6) is 0.380. The Hall–Kier alpha value is -4.09. The van der Waals surface area contributed by atoms with Crippen LogP contribution in [-0.2, 0) is 16.1 Å². The first-order valence-electron chi connectivity index (χ1n) is 14.5. The van der Waals surface area contributed by atoms with Crippen molar-refractivity contribution in [1.82, 2.24) is 30.2 Å². The van der Waals surface area contributed by atoms with Crippen molar-refractivity contribution in [2.75, 3.05) is 51.3 Å². The van der Waals surface area contributed by atoms with Crippen LogP contribution in [0.2, 0.25) is 0 Å². The zero-order chi connectivity index (χ0) is 29.1. The molecule has 0 bridgehead atoms. The number of rotatable bonds is 14. The van der Waals surface area contributed by atoms with Gasteiger partial charge in [-0.15, -0.1) is 0 Å². The van der Waals surface area contributed by atoms with E-state index in [-0.39, 0.29) is 5.91 Å². The zero-order valence-corrected chi connectivity index (χ0v) is 23.9. The summed E-state index contributed by atoms with van der Waals surface area (Å²) in [6.07, 6.45) is 3.42. The van der Waals surface area contributed by atoms with Crippen molar-refractivity contribution >= 4 is 28.5 Å². The molecule has 3 heterocycles. The quantitative estimate of drug-likeness (QED) is 0.0995. The molecule has 2 aromatic heterocycles. The van der Waals surface area contributed by atoms with Crippen molar-refractivity contribution in [2.24, 2.45) is 0 Å². The van der Waals surface area contributed by atoms with Gasteiger partial charge in [0.2, 0.25) is 5.91 Å². The Morgan fingerprint density at radius 3 is 2.50 bits per heavy atom. The van der Waals surface area contributed by atoms with Gasteiger partial charge in [-0.25, -0.2) is 15.4 Å². The second kappa shape index (κ2) is 14.7. The van der Waals surface area contributed by atoms with E-state index in [1.807, 2.05) is 30.3 Å². The molecule has 10 nitrogen and oxygen atoms in total. The number of hydrogen-bond donors (Lipinski definition) is 4. The van der Waals surface area contributed by atoms with Crippen molar-refractivity contribution in [3.05, 3.63) is 84.7 Å². The van der Waals surface area contributed by atoms with Gasteiger partial charge in [0.1, 0.15) is 17.8 Å². The Labute approximate surface area is 246 Å². The Balaban J connectivity index is 1.08. The molecule has 42 heavy (non-hydrogen) atoms. The van der Waals surface area contributed by atoms with Crippen LogP contribution in [0.1, 0.15) is 30.4 Å². The van der Waals surface area contributed by atoms with Crippen molar-refractivity contribution in [2.45, 2.75) is 25.8 Å². The lowest BCUT2D eigenvalue weighted by Gasteiger charge is -2.34. The number of carbonyl (C=O) groups is 1. The first-order chi connectivity index (χ1) is 20.6. The molecule has 0 saturated carbocycles. The van der Waals surface area contributed by atoms with Crippen molar-refractivity contribution in [3.8, 4) is 11.3 Å². The number of nitrogens with zero attached hydrogens (tertiary/aromatic N) is 4. The maximum absolute atomic E-state index is 11.0. The van der Waals surface area contributed by atoms with Gasteiger partial charge in [-0.3, -0.25) is 19.8 Å². The number of piperazine rings is 1. The summed E-state index contributed by atoms with van der Waals surface area (Å²) < 4.78 is 5.72. The van der Waals surface area contributed by atoms with Crippen molar-refractivity contribution < 1.29 is 14.7 Å². The van der Waals surface area contributed by atoms with Gasteiger partial charge in [0.05, 0.1) is 12.0 Å². The van der Waals surface area contributed by atoms with Crippen LogP contribution < -0.4 is 10.8 Å². The van der Waals surface area contributed by atoms with Gasteiger partial charge in [0.15, 0.2) is 0 Å². The molecule has 0 radical (unpaired) electrons. The predicted octanol–water partition coefficient (Wildman–Crippen LogP) is 4.52. The second-order valence-electron chi connectivity index (χ2n) is 10.6. The Morgan fingerprint density at radius 1 is 0.976 bits per heavy atom. The summed E-state index contributed by atoms with van der Waals surface area (Å²) >= 11 is 0. The SMILES string of the molecule is C=C(Nc1ncnc2[nH]c(-c3ccc(CN4CCN(CCOCCCCC(=O)NO)CC4)cc3)cc12)c1ccccc1. The Bertz CT molecular complexity index is 1450. The van der Waals surface area contributed by atoms with Crippen LogP contribution in [-0.4, -0.2) is 81.8 Å². The molecule has 0 atom stereocenters. The molecule has 1 fully saturated rings. The third-order valence-corrected chi connectivity index (χ3v) is 7.57. The van der Waals surface area contributed by atoms with Gasteiger partial charge in [-0.1, -0.05) is 61.2 Å². The first-order valence-corrected chi connectivity index (χ1v) is 14.5. The number of hydroxylamine groups is 1. The highest BCUT2D eigenvalue weighted by molar-refractivity contribution is 5.94. The number of hydrogen-bond acceptors (Lipinski definition) is 8. The molecule has 2 aromatic carbocycles. The van der Waals surface area contributed by atoms with Gasteiger partial charge in [0.25, 0.3) is 0 Å². The molecule has 5 rings (SSSR count). The number of ether oxygens (including phenoxy) is 1. The summed E-state index contributed by atoms with van der Waals surface area (Å²) in [5, 5.41) is 12.8. The van der Waals surface area contributed by atoms with E-state index in [1.54, 1.807) is 11.8 Å². The van der Waals surface area contributed by atoms with E-state index in [9.17, 15) is 4.79 Å². The van der Waals surface area contributed by atoms with Crippen LogP contribution in [0.4, 0.5) is 5.82 Å². The monoisotopic (exact) mass is 569 g/mol. The van der Waals surface area contributed by atoms with E-state index in [1.165, 1.54) is 5.56 Å². The number of fused-ring (bicyclic) bond motifs is 1. The fraction of sp³-hybridized carbons (Fsp3) is 0.344. The summed E-state index contributed by atoms with van der Waals surface area (Å²) in [4.78, 5) is 28.3. The lowest BCUT2D eigenvalue weighted by Crippen LogP contribution is -2.46. The third kappa shape index (κ3) is 8.01. The highest BCUT2D eigenvalue weighted by Gasteiger charge is 2.17. The molecule has 0 aliphatic carbocycles. The fourth-order valence-corrected chi connectivity index (χ4v) is 5.11. The second-order valence-corrected chi connectivity index (χ2v) is 10.6. The van der Waals surface area contributed by atoms with Crippen molar-refractivity contribution in [3.63, 3.8) is 0 Å². The number of aromatic nitrogens is 3. The maximum Gasteiger partial charge on any atom is 0.243 e. The molecule has 1 saturated heterocycles. The topological polar surface area (TPSA) is 119 Å². The molecular formula is C32H39N7O3. The van der Waals surface area contributed by atoms with E-state index in [2.05, 4.69) is 67.0 Å². The predicted molar refractivity (Wildman–Crippen MR) is 165 cm³/mol. The van der Waals surface area contributed by atoms with Crippen LogP contribution in [0.15, 0.2) is 73.6 Å². The number of anilines is 1. The zero-order valence-electron chi connectivity index (χ0n) is 23.9. The summed E-state index contributed by atoms with van der Waals surface area (Å²) in [5.41, 5.74) is 7.63. The van der Waals surface area contributed by atoms with Gasteiger partial charge < -0.3 is 15.0 Å². The number of carbonyl (C=O) groups excluding carboxylic acids is 1. The minimum absolute atomic E-state index is 0.327. The van der Waals surface area contributed by atoms with Gasteiger partial charge in [-0.2, -0.15) is 0 Å². The van der Waals surface area contributed by atoms with Crippen molar-refractivity contribution in [1.29, 1.82) is 0 Å². The molecule has 1 amide bonds. The summed E-state index contributed by atoms with van der Waals surface area (Å²) in [6, 6.07) is 20.8. The molecule has 4 aromatic rings. The van der Waals surface area contributed by atoms with Crippen LogP contribution in [0, 0.1) is 0 Å². The molecule has 1 aliphatic heterocycles. The molecular weight excluding hydrogens is 530 g/mol. The van der Waals surface area contributed by atoms with E-state index in [0.717, 1.165) is 85.1 Å². The standard InChI is InChI=1S/C32H39N7O3/c1-24(26-7-3-2-4-8-26)35-31-28-21-29(36-32(28)34-23-33-31)27-12-10-25(11-13-27)22-39-16-14-38(15-17-39)18-20-42-19-6-5-9-30(40)37-41/h2-4,7-8,10-13,21,23,41H,1,5-6,9,14-20,22H2,(H,37,40)(H2,33,34,35,36). The van der Waals surface area contributed by atoms with Gasteiger partial charge in [-0.05, 0) is 35.6 Å². The van der Waals surface area contributed by atoms with Crippen LogP contribution in [0.3, 0.4) is 0 Å². The van der Waals surface area contributed by atoms with E-state index in [4.69, 9.17) is 9.94 Å². The smallest absolute Gasteiger partial charge is 0.243 e. The minimum atomic E-state index is -0.345. The molecule has 1 aliphatic rings. The molecule has 220 valence electrons. The largest absolute Gasteiger partial charge is 0.380 e. The molecule has 4 N–H and O–H groups in total. The first kappa shape index (κ1) is 29.4. The highest BCUT2D eigenvalue weighted by atomic mass is 16.5. The average Bonchev–Trinajstić information content (AvgIpc) is 3.47. The number of aromatic amines is 1. The number of H-pyrrole nitrogens is 1. The molecule has 0 spiro atoms. The van der Waals surface area contributed by atoms with Crippen LogP contribution >= 0.6 is 0 Å². The summed E-state index contributed by atoms with van der Waals surface area (Å²) in [6.45, 7) is 11.5. The van der Waals surface area contributed by atoms with Crippen LogP contribution in [0.25, 0.3) is 28.0 Å². The maximum atomic E-state index is 11.0. The van der Waals surface area contributed by atoms with E-state index >= 15 is 0 Å². The van der Waals surface area contributed by atoms with E-state index < -0.39 is 0 Å². The number of amides is 1. The lowest BCUT2D eigenvalue weighted by atomic mass is 10.1. The molecule has 0 unspecified atom stereocenters. The highest BCUT2D eigenvalue weighted by Crippen LogP contribution is 2.28. The van der Waals surface area contributed by atoms with E-state index in [0.29, 0.717) is 26.1 Å². The van der Waals surface area contributed by atoms with Gasteiger partial charge in [0, 0.05) is 63.7 Å². The average molecular weight is 570 g/mol. The Morgan fingerprint density at radius 2 is 1.74 bits per heavy atom. The third-order valence-electron chi connectivity index (χ3n) is 7.57. The number of benzene rings is 2. The lowest BCUT2D eigenvalue weighted by molar-refractivity contribution is -0.129. The Kier molecular flexibility index (Phi) is 10.3. The summed E-state index contributed by atoms with van der Waals surface area (Å²) in [7, 11) is 0. The molecule has 10 heteroatoms. The van der Waals surface area contributed by atoms with Gasteiger partial charge >= 0.3 is 0 Å². The van der Waals surface area contributed by atoms with Crippen LogP contribution in [0.5, 0.6) is 0 Å². The number of nitrogens with one attached hydrogen (secondary N) is 3. The fourth-order valence-electron chi connectivity index (χ4n) is 5.11.